The first-order valence-corrected chi connectivity index (χ1v) is 2.86. The quantitative estimate of drug-likeness (QED) is 0.553. The molecule has 0 aliphatic heterocycles. The Morgan fingerprint density at radius 3 is 2.67 bits per heavy atom. The molecular formula is C6H8N3. The highest BCUT2D eigenvalue weighted by molar-refractivity contribution is 4.94. The molecule has 0 bridgehead atoms. The molecular weight excluding hydrogens is 114 g/mol. The number of hydrogen-bond acceptors (Lipinski definition) is 3. The minimum absolute atomic E-state index is 0.367. The van der Waals surface area contributed by atoms with Gasteiger partial charge in [0.2, 0.25) is 0 Å². The van der Waals surface area contributed by atoms with Gasteiger partial charge in [-0.15, -0.1) is 5.10 Å². The lowest BCUT2D eigenvalue weighted by Gasteiger charge is -1.97. The molecule has 0 saturated heterocycles. The zero-order valence-corrected chi connectivity index (χ0v) is 5.50. The van der Waals surface area contributed by atoms with E-state index >= 15 is 0 Å². The number of rotatable bonds is 1. The van der Waals surface area contributed by atoms with Gasteiger partial charge in [0.15, 0.2) is 0 Å². The number of aromatic nitrogens is 3. The lowest BCUT2D eigenvalue weighted by atomic mass is 10.2. The second kappa shape index (κ2) is 2.53. The van der Waals surface area contributed by atoms with Crippen molar-refractivity contribution in [1.82, 2.24) is 15.2 Å². The fourth-order valence-corrected chi connectivity index (χ4v) is 0.476. The van der Waals surface area contributed by atoms with Crippen molar-refractivity contribution < 1.29 is 0 Å². The molecule has 0 fully saturated rings. The fourth-order valence-electron chi connectivity index (χ4n) is 0.476. The molecule has 0 spiro atoms. The minimum atomic E-state index is 0.367. The third-order valence-corrected chi connectivity index (χ3v) is 1.00. The van der Waals surface area contributed by atoms with Crippen LogP contribution in [-0.2, 0) is 0 Å². The van der Waals surface area contributed by atoms with Crippen LogP contribution >= 0.6 is 0 Å². The molecule has 1 aromatic heterocycles. The van der Waals surface area contributed by atoms with E-state index in [4.69, 9.17) is 0 Å². The van der Waals surface area contributed by atoms with Crippen LogP contribution in [0.3, 0.4) is 0 Å². The Morgan fingerprint density at radius 2 is 2.33 bits per heavy atom. The summed E-state index contributed by atoms with van der Waals surface area (Å²) in [7, 11) is 0. The topological polar surface area (TPSA) is 38.7 Å². The molecule has 0 N–H and O–H groups in total. The van der Waals surface area contributed by atoms with Crippen LogP contribution in [0.5, 0.6) is 0 Å². The Kier molecular flexibility index (Phi) is 1.72. The second-order valence-corrected chi connectivity index (χ2v) is 2.11. The van der Waals surface area contributed by atoms with Gasteiger partial charge in [-0.1, -0.05) is 13.8 Å². The minimum Gasteiger partial charge on any atom is -0.231 e. The van der Waals surface area contributed by atoms with Crippen LogP contribution in [-0.4, -0.2) is 15.2 Å². The summed E-state index contributed by atoms with van der Waals surface area (Å²) in [6.07, 6.45) is 4.13. The zero-order valence-electron chi connectivity index (χ0n) is 5.50. The van der Waals surface area contributed by atoms with E-state index in [9.17, 15) is 0 Å². The molecule has 47 valence electrons. The third kappa shape index (κ3) is 1.45. The van der Waals surface area contributed by atoms with Crippen molar-refractivity contribution in [3.63, 3.8) is 0 Å². The van der Waals surface area contributed by atoms with E-state index in [1.807, 2.05) is 13.8 Å². The highest BCUT2D eigenvalue weighted by Gasteiger charge is 1.98. The van der Waals surface area contributed by atoms with Crippen molar-refractivity contribution >= 4 is 0 Å². The van der Waals surface area contributed by atoms with Crippen LogP contribution in [0.15, 0.2) is 6.33 Å². The van der Waals surface area contributed by atoms with Crippen molar-refractivity contribution in [2.24, 2.45) is 0 Å². The predicted molar refractivity (Wildman–Crippen MR) is 32.8 cm³/mol. The number of nitrogens with zero attached hydrogens (tertiary/aromatic N) is 3. The normalized spacial score (nSPS) is 10.1. The monoisotopic (exact) mass is 122 g/mol. The Labute approximate surface area is 54.2 Å². The maximum absolute atomic E-state index is 3.81. The Balaban J connectivity index is 2.85. The molecule has 1 aromatic rings. The van der Waals surface area contributed by atoms with E-state index in [0.29, 0.717) is 5.92 Å². The van der Waals surface area contributed by atoms with Crippen LogP contribution in [0.1, 0.15) is 25.5 Å². The molecule has 0 saturated carbocycles. The molecule has 0 unspecified atom stereocenters. The summed E-state index contributed by atoms with van der Waals surface area (Å²) in [4.78, 5) is 3.71. The van der Waals surface area contributed by atoms with Gasteiger partial charge >= 0.3 is 0 Å². The predicted octanol–water partition coefficient (Wildman–Crippen LogP) is 0.795. The van der Waals surface area contributed by atoms with E-state index in [0.717, 1.165) is 5.69 Å². The van der Waals surface area contributed by atoms with Gasteiger partial charge in [-0.05, 0) is 5.92 Å². The van der Waals surface area contributed by atoms with Crippen molar-refractivity contribution in [1.29, 1.82) is 0 Å². The summed E-state index contributed by atoms with van der Waals surface area (Å²) < 4.78 is 0. The van der Waals surface area contributed by atoms with E-state index in [1.54, 1.807) is 0 Å². The molecule has 1 heterocycles. The third-order valence-electron chi connectivity index (χ3n) is 1.00. The average Bonchev–Trinajstić information content (AvgIpc) is 1.90. The Bertz CT molecular complexity index is 171. The van der Waals surface area contributed by atoms with Crippen molar-refractivity contribution in [2.45, 2.75) is 19.8 Å². The van der Waals surface area contributed by atoms with Gasteiger partial charge in [0, 0.05) is 0 Å². The van der Waals surface area contributed by atoms with Gasteiger partial charge in [0.05, 0.1) is 5.69 Å². The largest absolute Gasteiger partial charge is 0.231 e. The smallest absolute Gasteiger partial charge is 0.138 e. The molecule has 3 heteroatoms. The molecule has 0 aliphatic carbocycles. The van der Waals surface area contributed by atoms with Crippen molar-refractivity contribution in [3.05, 3.63) is 18.2 Å². The summed E-state index contributed by atoms with van der Waals surface area (Å²) in [5.74, 6) is 0.367. The standard InChI is InChI=1S/C6H8N3/c1-5(2)6-3-7-4-8-9-6/h4-5H,1-2H3. The molecule has 0 amide bonds. The lowest BCUT2D eigenvalue weighted by Crippen LogP contribution is -1.95. The fraction of sp³-hybridized carbons (Fsp3) is 0.500. The van der Waals surface area contributed by atoms with E-state index in [1.165, 1.54) is 6.33 Å². The van der Waals surface area contributed by atoms with Gasteiger partial charge in [-0.3, -0.25) is 0 Å². The van der Waals surface area contributed by atoms with Gasteiger partial charge in [-0.25, -0.2) is 4.98 Å². The summed E-state index contributed by atoms with van der Waals surface area (Å²) >= 11 is 0. The van der Waals surface area contributed by atoms with E-state index in [-0.39, 0.29) is 0 Å². The van der Waals surface area contributed by atoms with Crippen LogP contribution in [0.25, 0.3) is 0 Å². The van der Waals surface area contributed by atoms with Crippen LogP contribution in [0, 0.1) is 6.20 Å². The first-order valence-electron chi connectivity index (χ1n) is 2.86. The molecule has 0 aromatic carbocycles. The molecule has 9 heavy (non-hydrogen) atoms. The zero-order chi connectivity index (χ0) is 6.69. The second-order valence-electron chi connectivity index (χ2n) is 2.11. The lowest BCUT2D eigenvalue weighted by molar-refractivity contribution is 0.763. The van der Waals surface area contributed by atoms with Crippen LogP contribution in [0.2, 0.25) is 0 Å². The molecule has 1 radical (unpaired) electrons. The summed E-state index contributed by atoms with van der Waals surface area (Å²) in [6, 6.07) is 0. The summed E-state index contributed by atoms with van der Waals surface area (Å²) in [5.41, 5.74) is 0.817. The molecule has 0 atom stereocenters. The Hall–Kier alpha value is -0.990. The first kappa shape index (κ1) is 6.13. The SMILES string of the molecule is CC(C)c1[c]ncnn1. The van der Waals surface area contributed by atoms with Crippen molar-refractivity contribution in [2.75, 3.05) is 0 Å². The van der Waals surface area contributed by atoms with Gasteiger partial charge < -0.3 is 0 Å². The molecule has 3 nitrogen and oxygen atoms in total. The average molecular weight is 122 g/mol. The van der Waals surface area contributed by atoms with Gasteiger partial charge in [0.1, 0.15) is 12.5 Å². The van der Waals surface area contributed by atoms with Crippen LogP contribution < -0.4 is 0 Å². The highest BCUT2D eigenvalue weighted by Crippen LogP contribution is 2.05. The Morgan fingerprint density at radius 1 is 1.56 bits per heavy atom. The van der Waals surface area contributed by atoms with Crippen molar-refractivity contribution in [3.8, 4) is 0 Å². The summed E-state index contributed by atoms with van der Waals surface area (Å²) in [5, 5.41) is 7.42. The molecule has 1 rings (SSSR count). The summed E-state index contributed by atoms with van der Waals surface area (Å²) in [6.45, 7) is 4.06. The molecule has 0 aliphatic rings. The maximum Gasteiger partial charge on any atom is 0.138 e. The maximum atomic E-state index is 3.81. The van der Waals surface area contributed by atoms with E-state index in [2.05, 4.69) is 21.4 Å². The first-order chi connectivity index (χ1) is 4.30. The van der Waals surface area contributed by atoms with Crippen LogP contribution in [0.4, 0.5) is 0 Å². The van der Waals surface area contributed by atoms with E-state index < -0.39 is 0 Å². The highest BCUT2D eigenvalue weighted by atomic mass is 15.1. The van der Waals surface area contributed by atoms with Gasteiger partial charge in [-0.2, -0.15) is 5.10 Å². The van der Waals surface area contributed by atoms with Gasteiger partial charge in [0.25, 0.3) is 0 Å². The number of hydrogen-bond donors (Lipinski definition) is 0.